The Hall–Kier alpha value is -1.23. The van der Waals surface area contributed by atoms with E-state index in [0.717, 1.165) is 12.0 Å². The molecule has 0 aliphatic carbocycles. The van der Waals surface area contributed by atoms with Gasteiger partial charge in [-0.15, -0.1) is 24.8 Å². The van der Waals surface area contributed by atoms with Crippen LogP contribution < -0.4 is 11.1 Å². The lowest BCUT2D eigenvalue weighted by molar-refractivity contribution is 0.929. The Kier molecular flexibility index (Phi) is 6.90. The van der Waals surface area contributed by atoms with Gasteiger partial charge in [-0.25, -0.2) is 0 Å². The minimum atomic E-state index is 0. The zero-order valence-electron chi connectivity index (χ0n) is 11.1. The van der Waals surface area contributed by atoms with Crippen LogP contribution in [0.5, 0.6) is 0 Å². The molecule has 4 nitrogen and oxygen atoms in total. The average Bonchev–Trinajstić information content (AvgIpc) is 2.65. The van der Waals surface area contributed by atoms with Crippen molar-refractivity contribution in [1.29, 1.82) is 5.41 Å². The molecular weight excluding hydrogens is 283 g/mol. The summed E-state index contributed by atoms with van der Waals surface area (Å²) in [5.74, 6) is 0.439. The Balaban J connectivity index is 0.00000162. The first-order valence-corrected chi connectivity index (χ1v) is 5.72. The molecule has 2 rings (SSSR count). The number of aryl methyl sites for hydroxylation is 1. The van der Waals surface area contributed by atoms with Gasteiger partial charge in [-0.05, 0) is 36.7 Å². The third kappa shape index (κ3) is 3.41. The van der Waals surface area contributed by atoms with E-state index in [1.54, 1.807) is 7.05 Å². The number of aromatic nitrogens is 1. The fraction of sp³-hybridized carbons (Fsp3) is 0.308. The Morgan fingerprint density at radius 3 is 2.63 bits per heavy atom. The van der Waals surface area contributed by atoms with Crippen molar-refractivity contribution in [2.75, 3.05) is 13.6 Å². The van der Waals surface area contributed by atoms with Crippen molar-refractivity contribution in [3.05, 3.63) is 35.5 Å². The summed E-state index contributed by atoms with van der Waals surface area (Å²) in [4.78, 5) is 0. The van der Waals surface area contributed by atoms with Crippen LogP contribution in [0.1, 0.15) is 11.1 Å². The standard InChI is InChI=1S/C13H18N4.2ClH/c1-16-13(15)9-3-4-12-11(7-9)10(5-6-14)8-17(12)2;;/h3-4,7-8H,5-6,14H2,1-2H3,(H2,15,16);2*1H. The van der Waals surface area contributed by atoms with Gasteiger partial charge < -0.3 is 15.6 Å². The van der Waals surface area contributed by atoms with Crippen molar-refractivity contribution in [2.45, 2.75) is 6.42 Å². The average molecular weight is 303 g/mol. The number of nitrogens with zero attached hydrogens (tertiary/aromatic N) is 1. The number of nitrogens with two attached hydrogens (primary N) is 1. The lowest BCUT2D eigenvalue weighted by Gasteiger charge is -2.04. The molecule has 0 amide bonds. The summed E-state index contributed by atoms with van der Waals surface area (Å²) in [5, 5.41) is 11.8. The maximum Gasteiger partial charge on any atom is 0.125 e. The van der Waals surface area contributed by atoms with Gasteiger partial charge in [0.15, 0.2) is 0 Å². The number of amidine groups is 1. The van der Waals surface area contributed by atoms with Crippen molar-refractivity contribution in [3.63, 3.8) is 0 Å². The van der Waals surface area contributed by atoms with Gasteiger partial charge in [0, 0.05) is 36.8 Å². The molecule has 0 aliphatic heterocycles. The molecule has 0 bridgehead atoms. The molecule has 0 saturated heterocycles. The highest BCUT2D eigenvalue weighted by atomic mass is 35.5. The summed E-state index contributed by atoms with van der Waals surface area (Å²) in [6, 6.07) is 6.07. The second-order valence-electron chi connectivity index (χ2n) is 4.16. The maximum absolute atomic E-state index is 7.79. The van der Waals surface area contributed by atoms with Crippen LogP contribution in [-0.2, 0) is 13.5 Å². The van der Waals surface area contributed by atoms with E-state index in [9.17, 15) is 0 Å². The molecule has 1 aromatic carbocycles. The first-order valence-electron chi connectivity index (χ1n) is 5.72. The van der Waals surface area contributed by atoms with Crippen LogP contribution >= 0.6 is 24.8 Å². The second-order valence-corrected chi connectivity index (χ2v) is 4.16. The molecule has 0 spiro atoms. The second kappa shape index (κ2) is 7.38. The minimum Gasteiger partial charge on any atom is -0.373 e. The van der Waals surface area contributed by atoms with Crippen LogP contribution in [0, 0.1) is 5.41 Å². The maximum atomic E-state index is 7.79. The van der Waals surface area contributed by atoms with Gasteiger partial charge >= 0.3 is 0 Å². The third-order valence-corrected chi connectivity index (χ3v) is 3.02. The molecule has 19 heavy (non-hydrogen) atoms. The van der Waals surface area contributed by atoms with E-state index in [-0.39, 0.29) is 24.8 Å². The molecule has 0 aliphatic rings. The van der Waals surface area contributed by atoms with Crippen LogP contribution in [-0.4, -0.2) is 24.0 Å². The SMILES string of the molecule is CNC(=N)c1ccc2c(c1)c(CCN)cn2C.Cl.Cl. The molecule has 1 heterocycles. The highest BCUT2D eigenvalue weighted by Crippen LogP contribution is 2.22. The molecule has 0 radical (unpaired) electrons. The molecule has 6 heteroatoms. The summed E-state index contributed by atoms with van der Waals surface area (Å²) in [7, 11) is 3.80. The number of hydrogen-bond acceptors (Lipinski definition) is 2. The largest absolute Gasteiger partial charge is 0.373 e. The van der Waals surface area contributed by atoms with Crippen molar-refractivity contribution in [1.82, 2.24) is 9.88 Å². The quantitative estimate of drug-likeness (QED) is 0.600. The number of rotatable bonds is 3. The Labute approximate surface area is 125 Å². The Bertz CT molecular complexity index is 563. The smallest absolute Gasteiger partial charge is 0.125 e. The van der Waals surface area contributed by atoms with Crippen molar-refractivity contribution in [3.8, 4) is 0 Å². The zero-order valence-corrected chi connectivity index (χ0v) is 12.7. The van der Waals surface area contributed by atoms with Crippen molar-refractivity contribution >= 4 is 41.6 Å². The van der Waals surface area contributed by atoms with Gasteiger partial charge in [-0.1, -0.05) is 0 Å². The van der Waals surface area contributed by atoms with Crippen LogP contribution in [0.2, 0.25) is 0 Å². The van der Waals surface area contributed by atoms with E-state index >= 15 is 0 Å². The first kappa shape index (κ1) is 17.8. The molecule has 106 valence electrons. The fourth-order valence-corrected chi connectivity index (χ4v) is 2.13. The van der Waals surface area contributed by atoms with Crippen LogP contribution in [0.25, 0.3) is 10.9 Å². The van der Waals surface area contributed by atoms with E-state index in [2.05, 4.69) is 28.2 Å². The predicted octanol–water partition coefficient (Wildman–Crippen LogP) is 2.07. The molecule has 0 unspecified atom stereocenters. The Morgan fingerprint density at radius 2 is 2.05 bits per heavy atom. The monoisotopic (exact) mass is 302 g/mol. The lowest BCUT2D eigenvalue weighted by Crippen LogP contribution is -2.17. The highest BCUT2D eigenvalue weighted by Gasteiger charge is 2.08. The van der Waals surface area contributed by atoms with E-state index in [1.165, 1.54) is 16.5 Å². The highest BCUT2D eigenvalue weighted by molar-refractivity contribution is 6.00. The third-order valence-electron chi connectivity index (χ3n) is 3.02. The summed E-state index contributed by atoms with van der Waals surface area (Å²) in [6.45, 7) is 0.646. The molecule has 0 atom stereocenters. The zero-order chi connectivity index (χ0) is 12.4. The van der Waals surface area contributed by atoms with E-state index in [4.69, 9.17) is 11.1 Å². The van der Waals surface area contributed by atoms with Crippen LogP contribution in [0.4, 0.5) is 0 Å². The minimum absolute atomic E-state index is 0. The van der Waals surface area contributed by atoms with E-state index in [0.29, 0.717) is 12.4 Å². The summed E-state index contributed by atoms with van der Waals surface area (Å²) >= 11 is 0. The number of hydrogen-bond donors (Lipinski definition) is 3. The van der Waals surface area contributed by atoms with Gasteiger partial charge in [0.2, 0.25) is 0 Å². The van der Waals surface area contributed by atoms with Crippen LogP contribution in [0.3, 0.4) is 0 Å². The van der Waals surface area contributed by atoms with Crippen LogP contribution in [0.15, 0.2) is 24.4 Å². The molecule has 0 saturated carbocycles. The van der Waals surface area contributed by atoms with E-state index < -0.39 is 0 Å². The van der Waals surface area contributed by atoms with Crippen molar-refractivity contribution in [2.24, 2.45) is 12.8 Å². The molecular formula is C13H20Cl2N4. The number of benzene rings is 1. The van der Waals surface area contributed by atoms with Gasteiger partial charge in [0.25, 0.3) is 0 Å². The fourth-order valence-electron chi connectivity index (χ4n) is 2.13. The summed E-state index contributed by atoms with van der Waals surface area (Å²) in [6.07, 6.45) is 2.98. The van der Waals surface area contributed by atoms with Gasteiger partial charge in [-0.2, -0.15) is 0 Å². The van der Waals surface area contributed by atoms with Gasteiger partial charge in [0.1, 0.15) is 5.84 Å². The molecule has 2 aromatic rings. The van der Waals surface area contributed by atoms with Gasteiger partial charge in [-0.3, -0.25) is 5.41 Å². The molecule has 0 fully saturated rings. The normalized spacial score (nSPS) is 9.63. The topological polar surface area (TPSA) is 66.8 Å². The first-order chi connectivity index (χ1) is 8.17. The van der Waals surface area contributed by atoms with Crippen molar-refractivity contribution < 1.29 is 0 Å². The molecule has 4 N–H and O–H groups in total. The predicted molar refractivity (Wildman–Crippen MR) is 86.1 cm³/mol. The Morgan fingerprint density at radius 1 is 1.37 bits per heavy atom. The van der Waals surface area contributed by atoms with E-state index in [1.807, 2.05) is 13.1 Å². The van der Waals surface area contributed by atoms with Gasteiger partial charge in [0.05, 0.1) is 0 Å². The summed E-state index contributed by atoms with van der Waals surface area (Å²) in [5.41, 5.74) is 8.96. The lowest BCUT2D eigenvalue weighted by atomic mass is 10.1. The number of halogens is 2. The molecule has 1 aromatic heterocycles. The summed E-state index contributed by atoms with van der Waals surface area (Å²) < 4.78 is 2.10. The number of nitrogens with one attached hydrogen (secondary N) is 2. The number of fused-ring (bicyclic) bond motifs is 1.